The van der Waals surface area contributed by atoms with Gasteiger partial charge >= 0.3 is 0 Å². The molecule has 2 fully saturated rings. The van der Waals surface area contributed by atoms with E-state index in [2.05, 4.69) is 41.4 Å². The lowest BCUT2D eigenvalue weighted by molar-refractivity contribution is -0.130. The first-order valence-electron chi connectivity index (χ1n) is 7.79. The molecular formula is C17H24N2O. The highest BCUT2D eigenvalue weighted by Crippen LogP contribution is 2.25. The van der Waals surface area contributed by atoms with Crippen LogP contribution >= 0.6 is 0 Å². The van der Waals surface area contributed by atoms with Crippen molar-refractivity contribution in [1.29, 1.82) is 0 Å². The van der Waals surface area contributed by atoms with E-state index >= 15 is 0 Å². The van der Waals surface area contributed by atoms with Crippen LogP contribution in [-0.4, -0.2) is 36.5 Å². The fourth-order valence-electron chi connectivity index (χ4n) is 3.54. The van der Waals surface area contributed by atoms with Crippen LogP contribution in [0.3, 0.4) is 0 Å². The molecule has 3 heteroatoms. The molecule has 20 heavy (non-hydrogen) atoms. The smallest absolute Gasteiger partial charge is 0.222 e. The van der Waals surface area contributed by atoms with Gasteiger partial charge in [0.15, 0.2) is 0 Å². The number of hydrogen-bond acceptors (Lipinski definition) is 2. The Morgan fingerprint density at radius 1 is 1.35 bits per heavy atom. The van der Waals surface area contributed by atoms with Crippen molar-refractivity contribution in [2.45, 2.75) is 38.6 Å². The number of carbonyl (C=O) groups excluding carboxylic acids is 1. The second kappa shape index (κ2) is 5.96. The van der Waals surface area contributed by atoms with Gasteiger partial charge in [-0.05, 0) is 49.8 Å². The van der Waals surface area contributed by atoms with Crippen molar-refractivity contribution in [3.63, 3.8) is 0 Å². The summed E-state index contributed by atoms with van der Waals surface area (Å²) in [7, 11) is 0. The number of nitrogens with zero attached hydrogens (tertiary/aromatic N) is 1. The van der Waals surface area contributed by atoms with E-state index in [1.165, 1.54) is 24.0 Å². The topological polar surface area (TPSA) is 32.3 Å². The summed E-state index contributed by atoms with van der Waals surface area (Å²) in [5.41, 5.74) is 2.59. The standard InChI is InChI=1S/C17H24N2O/c1-13-5-2-3-6-14(13)8-9-17(20)19-11-15-7-4-10-18-16(15)12-19/h2-3,5-6,15-16,18H,4,7-12H2,1H3. The fraction of sp³-hybridized carbons (Fsp3) is 0.588. The Labute approximate surface area is 121 Å². The van der Waals surface area contributed by atoms with E-state index in [1.807, 2.05) is 0 Å². The Morgan fingerprint density at radius 2 is 2.20 bits per heavy atom. The molecule has 3 nitrogen and oxygen atoms in total. The van der Waals surface area contributed by atoms with Gasteiger partial charge < -0.3 is 10.2 Å². The van der Waals surface area contributed by atoms with Gasteiger partial charge in [0.2, 0.25) is 5.91 Å². The van der Waals surface area contributed by atoms with Crippen molar-refractivity contribution >= 4 is 5.91 Å². The van der Waals surface area contributed by atoms with Crippen LogP contribution in [-0.2, 0) is 11.2 Å². The third-order valence-corrected chi connectivity index (χ3v) is 4.82. The van der Waals surface area contributed by atoms with Crippen LogP contribution in [0.2, 0.25) is 0 Å². The molecule has 0 aliphatic carbocycles. The van der Waals surface area contributed by atoms with Crippen molar-refractivity contribution in [3.8, 4) is 0 Å². The van der Waals surface area contributed by atoms with Crippen molar-refractivity contribution in [2.24, 2.45) is 5.92 Å². The molecule has 2 heterocycles. The minimum atomic E-state index is 0.324. The quantitative estimate of drug-likeness (QED) is 0.914. The van der Waals surface area contributed by atoms with Gasteiger partial charge in [-0.2, -0.15) is 0 Å². The number of likely N-dealkylation sites (tertiary alicyclic amines) is 1. The van der Waals surface area contributed by atoms with Gasteiger partial charge in [-0.3, -0.25) is 4.79 Å². The highest BCUT2D eigenvalue weighted by Gasteiger charge is 2.35. The molecule has 1 aromatic rings. The fourth-order valence-corrected chi connectivity index (χ4v) is 3.54. The largest absolute Gasteiger partial charge is 0.341 e. The molecule has 2 aliphatic rings. The van der Waals surface area contributed by atoms with Crippen LogP contribution in [0.5, 0.6) is 0 Å². The van der Waals surface area contributed by atoms with Crippen LogP contribution in [0, 0.1) is 12.8 Å². The molecule has 0 saturated carbocycles. The SMILES string of the molecule is Cc1ccccc1CCC(=O)N1CC2CCCNC2C1. The summed E-state index contributed by atoms with van der Waals surface area (Å²) >= 11 is 0. The minimum Gasteiger partial charge on any atom is -0.341 e. The number of rotatable bonds is 3. The molecule has 2 saturated heterocycles. The summed E-state index contributed by atoms with van der Waals surface area (Å²) in [5, 5.41) is 3.55. The van der Waals surface area contributed by atoms with Crippen LogP contribution < -0.4 is 5.32 Å². The molecule has 1 amide bonds. The van der Waals surface area contributed by atoms with Gasteiger partial charge in [0.1, 0.15) is 0 Å². The lowest BCUT2D eigenvalue weighted by Crippen LogP contribution is -2.41. The van der Waals surface area contributed by atoms with Crippen molar-refractivity contribution in [1.82, 2.24) is 10.2 Å². The van der Waals surface area contributed by atoms with E-state index in [0.29, 0.717) is 24.3 Å². The Balaban J connectivity index is 1.54. The van der Waals surface area contributed by atoms with Gasteiger partial charge in [-0.15, -0.1) is 0 Å². The molecular weight excluding hydrogens is 248 g/mol. The average molecular weight is 272 g/mol. The van der Waals surface area contributed by atoms with Crippen molar-refractivity contribution in [2.75, 3.05) is 19.6 Å². The summed E-state index contributed by atoms with van der Waals surface area (Å²) < 4.78 is 0. The zero-order chi connectivity index (χ0) is 13.9. The summed E-state index contributed by atoms with van der Waals surface area (Å²) in [6.45, 7) is 5.11. The highest BCUT2D eigenvalue weighted by atomic mass is 16.2. The summed E-state index contributed by atoms with van der Waals surface area (Å²) in [6.07, 6.45) is 4.04. The van der Waals surface area contributed by atoms with E-state index in [4.69, 9.17) is 0 Å². The maximum absolute atomic E-state index is 12.4. The number of fused-ring (bicyclic) bond motifs is 1. The number of aryl methyl sites for hydroxylation is 2. The summed E-state index contributed by atoms with van der Waals surface area (Å²) in [4.78, 5) is 14.4. The lowest BCUT2D eigenvalue weighted by Gasteiger charge is -2.24. The number of amides is 1. The number of hydrogen-bond donors (Lipinski definition) is 1. The van der Waals surface area contributed by atoms with Crippen LogP contribution in [0.4, 0.5) is 0 Å². The van der Waals surface area contributed by atoms with E-state index in [1.54, 1.807) is 0 Å². The highest BCUT2D eigenvalue weighted by molar-refractivity contribution is 5.77. The van der Waals surface area contributed by atoms with E-state index in [-0.39, 0.29) is 0 Å². The zero-order valence-electron chi connectivity index (χ0n) is 12.3. The maximum Gasteiger partial charge on any atom is 0.222 e. The Bertz CT molecular complexity index is 472. The predicted octanol–water partition coefficient (Wildman–Crippen LogP) is 2.14. The van der Waals surface area contributed by atoms with Crippen molar-refractivity contribution in [3.05, 3.63) is 35.4 Å². The van der Waals surface area contributed by atoms with Crippen LogP contribution in [0.25, 0.3) is 0 Å². The van der Waals surface area contributed by atoms with Gasteiger partial charge in [-0.25, -0.2) is 0 Å². The second-order valence-corrected chi connectivity index (χ2v) is 6.19. The number of benzene rings is 1. The molecule has 1 aromatic carbocycles. The minimum absolute atomic E-state index is 0.324. The average Bonchev–Trinajstić information content (AvgIpc) is 2.90. The molecule has 108 valence electrons. The Kier molecular flexibility index (Phi) is 4.06. The molecule has 0 bridgehead atoms. The predicted molar refractivity (Wildman–Crippen MR) is 80.6 cm³/mol. The first kappa shape index (κ1) is 13.6. The first-order valence-corrected chi connectivity index (χ1v) is 7.79. The number of carbonyl (C=O) groups is 1. The summed E-state index contributed by atoms with van der Waals surface area (Å²) in [5.74, 6) is 1.01. The molecule has 2 unspecified atom stereocenters. The number of nitrogens with one attached hydrogen (secondary N) is 1. The van der Waals surface area contributed by atoms with Crippen molar-refractivity contribution < 1.29 is 4.79 Å². The first-order chi connectivity index (χ1) is 9.74. The molecule has 2 atom stereocenters. The third-order valence-electron chi connectivity index (χ3n) is 4.82. The second-order valence-electron chi connectivity index (χ2n) is 6.19. The van der Waals surface area contributed by atoms with Gasteiger partial charge in [0.25, 0.3) is 0 Å². The molecule has 0 radical (unpaired) electrons. The molecule has 0 spiro atoms. The Morgan fingerprint density at radius 3 is 3.00 bits per heavy atom. The molecule has 2 aliphatic heterocycles. The molecule has 3 rings (SSSR count). The van der Waals surface area contributed by atoms with E-state index in [9.17, 15) is 4.79 Å². The molecule has 0 aromatic heterocycles. The lowest BCUT2D eigenvalue weighted by atomic mass is 9.94. The molecule has 1 N–H and O–H groups in total. The monoisotopic (exact) mass is 272 g/mol. The summed E-state index contributed by atoms with van der Waals surface area (Å²) in [6, 6.07) is 8.91. The van der Waals surface area contributed by atoms with Crippen LogP contribution in [0.15, 0.2) is 24.3 Å². The van der Waals surface area contributed by atoms with Gasteiger partial charge in [0.05, 0.1) is 0 Å². The van der Waals surface area contributed by atoms with Gasteiger partial charge in [-0.1, -0.05) is 24.3 Å². The van der Waals surface area contributed by atoms with E-state index in [0.717, 1.165) is 26.1 Å². The zero-order valence-corrected chi connectivity index (χ0v) is 12.3. The normalized spacial score (nSPS) is 25.6. The third kappa shape index (κ3) is 2.88. The van der Waals surface area contributed by atoms with E-state index < -0.39 is 0 Å². The maximum atomic E-state index is 12.4. The Hall–Kier alpha value is -1.35. The van der Waals surface area contributed by atoms with Crippen LogP contribution in [0.1, 0.15) is 30.4 Å². The van der Waals surface area contributed by atoms with Gasteiger partial charge in [0, 0.05) is 25.6 Å². The number of piperidine rings is 1.